The third kappa shape index (κ3) is 4.27. The summed E-state index contributed by atoms with van der Waals surface area (Å²) in [6.45, 7) is 3.85. The van der Waals surface area contributed by atoms with Crippen molar-refractivity contribution in [3.05, 3.63) is 77.6 Å². The van der Waals surface area contributed by atoms with E-state index in [0.29, 0.717) is 34.0 Å². The van der Waals surface area contributed by atoms with Crippen molar-refractivity contribution in [3.63, 3.8) is 0 Å². The minimum atomic E-state index is -0.321. The number of aromatic nitrogens is 1. The van der Waals surface area contributed by atoms with Crippen LogP contribution in [0.25, 0.3) is 22.6 Å². The molecule has 4 aromatic rings. The average molecular weight is 390 g/mol. The quantitative estimate of drug-likeness (QED) is 0.504. The molecule has 6 heteroatoms. The average Bonchev–Trinajstić information content (AvgIpc) is 3.11. The predicted octanol–water partition coefficient (Wildman–Crippen LogP) is 5.27. The van der Waals surface area contributed by atoms with Gasteiger partial charge in [0, 0.05) is 11.3 Å². The van der Waals surface area contributed by atoms with E-state index in [1.54, 1.807) is 30.3 Å². The lowest BCUT2D eigenvalue weighted by Gasteiger charge is -2.10. The van der Waals surface area contributed by atoms with Crippen molar-refractivity contribution in [1.29, 1.82) is 0 Å². The van der Waals surface area contributed by atoms with E-state index in [9.17, 15) is 9.18 Å². The van der Waals surface area contributed by atoms with E-state index in [4.69, 9.17) is 9.15 Å². The zero-order valence-corrected chi connectivity index (χ0v) is 16.0. The van der Waals surface area contributed by atoms with E-state index in [-0.39, 0.29) is 18.3 Å². The molecule has 3 aromatic carbocycles. The number of nitrogens with zero attached hydrogens (tertiary/aromatic N) is 1. The number of anilines is 1. The van der Waals surface area contributed by atoms with Gasteiger partial charge in [0.2, 0.25) is 5.89 Å². The number of rotatable bonds is 5. The second-order valence-electron chi connectivity index (χ2n) is 6.81. The molecule has 0 spiro atoms. The first-order valence-electron chi connectivity index (χ1n) is 9.14. The van der Waals surface area contributed by atoms with Gasteiger partial charge in [-0.05, 0) is 67.9 Å². The topological polar surface area (TPSA) is 64.4 Å². The molecule has 5 nitrogen and oxygen atoms in total. The molecular formula is C23H19FN2O3. The molecule has 0 bridgehead atoms. The number of carbonyl (C=O) groups is 1. The molecule has 0 atom stereocenters. The number of fused-ring (bicyclic) bond motifs is 1. The Balaban J connectivity index is 1.45. The van der Waals surface area contributed by atoms with Crippen LogP contribution in [0.3, 0.4) is 0 Å². The van der Waals surface area contributed by atoms with Crippen LogP contribution < -0.4 is 10.1 Å². The molecule has 0 radical (unpaired) electrons. The number of benzene rings is 3. The second kappa shape index (κ2) is 7.75. The van der Waals surface area contributed by atoms with Crippen LogP contribution in [0.15, 0.2) is 65.1 Å². The van der Waals surface area contributed by atoms with Crippen molar-refractivity contribution in [2.24, 2.45) is 0 Å². The zero-order valence-electron chi connectivity index (χ0n) is 16.0. The Morgan fingerprint density at radius 1 is 1.07 bits per heavy atom. The van der Waals surface area contributed by atoms with Gasteiger partial charge in [-0.2, -0.15) is 0 Å². The molecule has 0 unspecified atom stereocenters. The van der Waals surface area contributed by atoms with Gasteiger partial charge in [0.25, 0.3) is 5.91 Å². The third-order valence-corrected chi connectivity index (χ3v) is 4.45. The molecule has 4 rings (SSSR count). The molecule has 1 heterocycles. The molecule has 0 aliphatic rings. The lowest BCUT2D eigenvalue weighted by Crippen LogP contribution is -2.20. The Labute approximate surface area is 167 Å². The number of ether oxygens (including phenoxy) is 1. The highest BCUT2D eigenvalue weighted by Crippen LogP contribution is 2.26. The molecule has 0 aliphatic heterocycles. The van der Waals surface area contributed by atoms with Gasteiger partial charge < -0.3 is 14.5 Å². The van der Waals surface area contributed by atoms with Gasteiger partial charge in [-0.15, -0.1) is 0 Å². The molecule has 0 saturated heterocycles. The zero-order chi connectivity index (χ0) is 20.4. The van der Waals surface area contributed by atoms with E-state index in [1.807, 2.05) is 32.0 Å². The number of oxazole rings is 1. The first-order valence-corrected chi connectivity index (χ1v) is 9.14. The van der Waals surface area contributed by atoms with Crippen molar-refractivity contribution in [3.8, 4) is 17.2 Å². The van der Waals surface area contributed by atoms with Crippen LogP contribution in [0.2, 0.25) is 0 Å². The van der Waals surface area contributed by atoms with Crippen molar-refractivity contribution in [1.82, 2.24) is 4.98 Å². The highest BCUT2D eigenvalue weighted by Gasteiger charge is 2.11. The van der Waals surface area contributed by atoms with Gasteiger partial charge in [-0.1, -0.05) is 17.7 Å². The highest BCUT2D eigenvalue weighted by atomic mass is 19.1. The van der Waals surface area contributed by atoms with Crippen LogP contribution in [0.1, 0.15) is 11.1 Å². The Kier molecular flexibility index (Phi) is 4.99. The fraction of sp³-hybridized carbons (Fsp3) is 0.130. The van der Waals surface area contributed by atoms with Crippen molar-refractivity contribution in [2.75, 3.05) is 11.9 Å². The monoisotopic (exact) mass is 390 g/mol. The van der Waals surface area contributed by atoms with Crippen LogP contribution >= 0.6 is 0 Å². The van der Waals surface area contributed by atoms with Crippen LogP contribution in [-0.4, -0.2) is 17.5 Å². The molecular weight excluding hydrogens is 371 g/mol. The number of hydrogen-bond acceptors (Lipinski definition) is 4. The Hall–Kier alpha value is -3.67. The summed E-state index contributed by atoms with van der Waals surface area (Å²) in [6, 6.07) is 16.9. The maximum absolute atomic E-state index is 13.1. The number of amides is 1. The first-order chi connectivity index (χ1) is 14.0. The lowest BCUT2D eigenvalue weighted by molar-refractivity contribution is -0.118. The molecule has 1 N–H and O–H groups in total. The summed E-state index contributed by atoms with van der Waals surface area (Å²) in [6.07, 6.45) is 0. The minimum Gasteiger partial charge on any atom is -0.483 e. The normalized spacial score (nSPS) is 10.9. The predicted molar refractivity (Wildman–Crippen MR) is 109 cm³/mol. The van der Waals surface area contributed by atoms with Crippen LogP contribution in [-0.2, 0) is 4.79 Å². The fourth-order valence-corrected chi connectivity index (χ4v) is 3.02. The van der Waals surface area contributed by atoms with Gasteiger partial charge in [0.1, 0.15) is 17.1 Å². The third-order valence-electron chi connectivity index (χ3n) is 4.45. The smallest absolute Gasteiger partial charge is 0.262 e. The minimum absolute atomic E-state index is 0.0957. The van der Waals surface area contributed by atoms with Gasteiger partial charge in [0.05, 0.1) is 0 Å². The Morgan fingerprint density at radius 3 is 2.62 bits per heavy atom. The van der Waals surface area contributed by atoms with Crippen LogP contribution in [0.5, 0.6) is 5.75 Å². The fourth-order valence-electron chi connectivity index (χ4n) is 3.02. The number of aryl methyl sites for hydroxylation is 2. The van der Waals surface area contributed by atoms with Gasteiger partial charge in [0.15, 0.2) is 12.2 Å². The number of halogens is 1. The van der Waals surface area contributed by atoms with E-state index >= 15 is 0 Å². The molecule has 1 aromatic heterocycles. The van der Waals surface area contributed by atoms with Gasteiger partial charge >= 0.3 is 0 Å². The number of hydrogen-bond donors (Lipinski definition) is 1. The highest BCUT2D eigenvalue weighted by molar-refractivity contribution is 5.94. The SMILES string of the molecule is Cc1ccc(OCC(=O)Nc2ccc3oc(-c4ccc(F)cc4)nc3c2)c(C)c1. The summed E-state index contributed by atoms with van der Waals surface area (Å²) in [5.74, 6) is 0.479. The maximum atomic E-state index is 13.1. The Morgan fingerprint density at radius 2 is 1.86 bits per heavy atom. The van der Waals surface area contributed by atoms with Crippen molar-refractivity contribution in [2.45, 2.75) is 13.8 Å². The molecule has 29 heavy (non-hydrogen) atoms. The van der Waals surface area contributed by atoms with Crippen molar-refractivity contribution >= 4 is 22.7 Å². The first kappa shape index (κ1) is 18.7. The molecule has 0 aliphatic carbocycles. The second-order valence-corrected chi connectivity index (χ2v) is 6.81. The summed E-state index contributed by atoms with van der Waals surface area (Å²) in [4.78, 5) is 16.7. The molecule has 0 saturated carbocycles. The molecule has 0 fully saturated rings. The maximum Gasteiger partial charge on any atom is 0.262 e. The number of carbonyl (C=O) groups excluding carboxylic acids is 1. The summed E-state index contributed by atoms with van der Waals surface area (Å²) in [5, 5.41) is 2.80. The van der Waals surface area contributed by atoms with E-state index in [2.05, 4.69) is 10.3 Å². The van der Waals surface area contributed by atoms with Crippen LogP contribution in [0.4, 0.5) is 10.1 Å². The standard InChI is InChI=1S/C23H19FN2O3/c1-14-3-9-20(15(2)11-14)28-13-22(27)25-18-8-10-21-19(12-18)26-23(29-21)16-4-6-17(24)7-5-16/h3-12H,13H2,1-2H3,(H,25,27). The molecule has 1 amide bonds. The van der Waals surface area contributed by atoms with Crippen molar-refractivity contribution < 1.29 is 18.3 Å². The van der Waals surface area contributed by atoms with Gasteiger partial charge in [-0.25, -0.2) is 9.37 Å². The van der Waals surface area contributed by atoms with Crippen LogP contribution in [0, 0.1) is 19.7 Å². The van der Waals surface area contributed by atoms with Gasteiger partial charge in [-0.3, -0.25) is 4.79 Å². The largest absolute Gasteiger partial charge is 0.483 e. The Bertz CT molecular complexity index is 1180. The summed E-state index contributed by atoms with van der Waals surface area (Å²) >= 11 is 0. The lowest BCUT2D eigenvalue weighted by atomic mass is 10.1. The van der Waals surface area contributed by atoms with E-state index < -0.39 is 0 Å². The van der Waals surface area contributed by atoms with E-state index in [0.717, 1.165) is 11.1 Å². The molecule has 146 valence electrons. The number of nitrogens with one attached hydrogen (secondary N) is 1. The van der Waals surface area contributed by atoms with E-state index in [1.165, 1.54) is 12.1 Å². The summed E-state index contributed by atoms with van der Waals surface area (Å²) in [7, 11) is 0. The summed E-state index contributed by atoms with van der Waals surface area (Å²) < 4.78 is 24.4. The summed E-state index contributed by atoms with van der Waals surface area (Å²) in [5.41, 5.74) is 4.56.